The van der Waals surface area contributed by atoms with Crippen LogP contribution in [0.4, 0.5) is 5.82 Å². The predicted molar refractivity (Wildman–Crippen MR) is 66.0 cm³/mol. The van der Waals surface area contributed by atoms with E-state index in [9.17, 15) is 0 Å². The SMILES string of the molecule is CN1C2CCC(C2)CN1c1ccc(Br)nn1. The summed E-state index contributed by atoms with van der Waals surface area (Å²) in [4.78, 5) is 0. The molecule has 86 valence electrons. The van der Waals surface area contributed by atoms with Crippen molar-refractivity contribution in [2.45, 2.75) is 25.3 Å². The topological polar surface area (TPSA) is 32.3 Å². The molecule has 0 amide bonds. The van der Waals surface area contributed by atoms with Crippen molar-refractivity contribution >= 4 is 21.7 Å². The number of fused-ring (bicyclic) bond motifs is 2. The molecule has 0 aromatic carbocycles. The van der Waals surface area contributed by atoms with Gasteiger partial charge in [-0.25, -0.2) is 5.01 Å². The van der Waals surface area contributed by atoms with Crippen LogP contribution in [0.25, 0.3) is 0 Å². The number of hydrogen-bond acceptors (Lipinski definition) is 4. The van der Waals surface area contributed by atoms with Crippen molar-refractivity contribution in [2.24, 2.45) is 5.92 Å². The third-order valence-corrected chi connectivity index (χ3v) is 4.16. The van der Waals surface area contributed by atoms with Crippen molar-refractivity contribution in [2.75, 3.05) is 18.6 Å². The maximum atomic E-state index is 4.24. The Kier molecular flexibility index (Phi) is 2.59. The second kappa shape index (κ2) is 3.96. The molecule has 1 aliphatic heterocycles. The summed E-state index contributed by atoms with van der Waals surface area (Å²) in [5.41, 5.74) is 0. The first-order chi connectivity index (χ1) is 7.74. The molecule has 1 saturated heterocycles. The molecule has 0 radical (unpaired) electrons. The first-order valence-corrected chi connectivity index (χ1v) is 6.53. The molecule has 2 fully saturated rings. The number of rotatable bonds is 1. The lowest BCUT2D eigenvalue weighted by Crippen LogP contribution is -2.50. The highest BCUT2D eigenvalue weighted by molar-refractivity contribution is 9.10. The maximum Gasteiger partial charge on any atom is 0.165 e. The molecule has 0 spiro atoms. The van der Waals surface area contributed by atoms with Gasteiger partial charge in [0.15, 0.2) is 5.82 Å². The molecule has 2 unspecified atom stereocenters. The van der Waals surface area contributed by atoms with Crippen LogP contribution in [-0.2, 0) is 0 Å². The van der Waals surface area contributed by atoms with Gasteiger partial charge in [0, 0.05) is 19.6 Å². The zero-order valence-electron chi connectivity index (χ0n) is 9.30. The summed E-state index contributed by atoms with van der Waals surface area (Å²) < 4.78 is 0.791. The highest BCUT2D eigenvalue weighted by Crippen LogP contribution is 2.36. The fraction of sp³-hybridized carbons (Fsp3) is 0.636. The van der Waals surface area contributed by atoms with Crippen LogP contribution < -0.4 is 5.01 Å². The lowest BCUT2D eigenvalue weighted by molar-refractivity contribution is 0.179. The summed E-state index contributed by atoms with van der Waals surface area (Å²) in [5.74, 6) is 1.80. The normalized spacial score (nSPS) is 29.8. The van der Waals surface area contributed by atoms with Crippen LogP contribution in [0.5, 0.6) is 0 Å². The van der Waals surface area contributed by atoms with Crippen molar-refractivity contribution in [3.05, 3.63) is 16.7 Å². The molecule has 4 nitrogen and oxygen atoms in total. The summed E-state index contributed by atoms with van der Waals surface area (Å²) in [6, 6.07) is 4.68. The monoisotopic (exact) mass is 282 g/mol. The standard InChI is InChI=1S/C11H15BrN4/c1-15-9-3-2-8(6-9)7-16(15)11-5-4-10(12)13-14-11/h4-5,8-9H,2-3,6-7H2,1H3. The summed E-state index contributed by atoms with van der Waals surface area (Å²) in [6.07, 6.45) is 4.02. The Balaban J connectivity index is 1.86. The van der Waals surface area contributed by atoms with Gasteiger partial charge < -0.3 is 0 Å². The van der Waals surface area contributed by atoms with Gasteiger partial charge in [-0.2, -0.15) is 0 Å². The van der Waals surface area contributed by atoms with Crippen molar-refractivity contribution in [1.82, 2.24) is 15.2 Å². The number of halogens is 1. The molecule has 5 heteroatoms. The second-order valence-electron chi connectivity index (χ2n) is 4.70. The van der Waals surface area contributed by atoms with Gasteiger partial charge in [-0.15, -0.1) is 10.2 Å². The van der Waals surface area contributed by atoms with Crippen LogP contribution in [0.3, 0.4) is 0 Å². The molecule has 2 bridgehead atoms. The van der Waals surface area contributed by atoms with Crippen LogP contribution >= 0.6 is 15.9 Å². The number of nitrogens with zero attached hydrogens (tertiary/aromatic N) is 4. The lowest BCUT2D eigenvalue weighted by Gasteiger charge is -2.41. The molecule has 2 atom stereocenters. The summed E-state index contributed by atoms with van der Waals surface area (Å²) in [7, 11) is 2.16. The molecular weight excluding hydrogens is 268 g/mol. The smallest absolute Gasteiger partial charge is 0.165 e. The highest BCUT2D eigenvalue weighted by Gasteiger charge is 2.37. The van der Waals surface area contributed by atoms with Gasteiger partial charge in [0.1, 0.15) is 4.60 Å². The van der Waals surface area contributed by atoms with Crippen LogP contribution in [0, 0.1) is 5.92 Å². The van der Waals surface area contributed by atoms with Gasteiger partial charge in [0.2, 0.25) is 0 Å². The van der Waals surface area contributed by atoms with E-state index in [4.69, 9.17) is 0 Å². The lowest BCUT2D eigenvalue weighted by atomic mass is 10.1. The Morgan fingerprint density at radius 2 is 2.19 bits per heavy atom. The highest BCUT2D eigenvalue weighted by atomic mass is 79.9. The first kappa shape index (κ1) is 10.5. The molecule has 16 heavy (non-hydrogen) atoms. The predicted octanol–water partition coefficient (Wildman–Crippen LogP) is 2.07. The van der Waals surface area contributed by atoms with Crippen LogP contribution in [-0.4, -0.2) is 34.8 Å². The van der Waals surface area contributed by atoms with E-state index in [2.05, 4.69) is 43.2 Å². The van der Waals surface area contributed by atoms with Crippen molar-refractivity contribution < 1.29 is 0 Å². The average molecular weight is 283 g/mol. The Labute approximate surface area is 104 Å². The minimum atomic E-state index is 0.698. The molecular formula is C11H15BrN4. The molecule has 1 aromatic heterocycles. The minimum Gasteiger partial charge on any atom is -0.288 e. The van der Waals surface area contributed by atoms with Crippen LogP contribution in [0.2, 0.25) is 0 Å². The van der Waals surface area contributed by atoms with E-state index in [0.717, 1.165) is 22.9 Å². The molecule has 2 heterocycles. The van der Waals surface area contributed by atoms with Crippen molar-refractivity contribution in [3.63, 3.8) is 0 Å². The van der Waals surface area contributed by atoms with E-state index in [0.29, 0.717) is 6.04 Å². The first-order valence-electron chi connectivity index (χ1n) is 5.73. The molecule has 2 aliphatic rings. The Morgan fingerprint density at radius 1 is 1.31 bits per heavy atom. The fourth-order valence-corrected chi connectivity index (χ4v) is 3.04. The van der Waals surface area contributed by atoms with Crippen molar-refractivity contribution in [1.29, 1.82) is 0 Å². The van der Waals surface area contributed by atoms with E-state index in [1.54, 1.807) is 0 Å². The number of aromatic nitrogens is 2. The van der Waals surface area contributed by atoms with Gasteiger partial charge in [-0.3, -0.25) is 5.01 Å². The largest absolute Gasteiger partial charge is 0.288 e. The number of anilines is 1. The Bertz CT molecular complexity index is 380. The van der Waals surface area contributed by atoms with E-state index in [1.165, 1.54) is 19.3 Å². The average Bonchev–Trinajstić information content (AvgIpc) is 2.69. The van der Waals surface area contributed by atoms with Gasteiger partial charge in [-0.05, 0) is 53.2 Å². The van der Waals surface area contributed by atoms with E-state index >= 15 is 0 Å². The zero-order chi connectivity index (χ0) is 11.1. The molecule has 1 aliphatic carbocycles. The molecule has 0 N–H and O–H groups in total. The Morgan fingerprint density at radius 3 is 2.94 bits per heavy atom. The minimum absolute atomic E-state index is 0.698. The van der Waals surface area contributed by atoms with E-state index in [-0.39, 0.29) is 0 Å². The molecule has 1 aromatic rings. The second-order valence-corrected chi connectivity index (χ2v) is 5.52. The van der Waals surface area contributed by atoms with Gasteiger partial charge in [0.05, 0.1) is 0 Å². The maximum absolute atomic E-state index is 4.24. The quantitative estimate of drug-likeness (QED) is 0.790. The zero-order valence-corrected chi connectivity index (χ0v) is 10.9. The molecule has 3 rings (SSSR count). The van der Waals surface area contributed by atoms with Crippen LogP contribution in [0.15, 0.2) is 16.7 Å². The van der Waals surface area contributed by atoms with E-state index < -0.39 is 0 Å². The number of hydrogen-bond donors (Lipinski definition) is 0. The van der Waals surface area contributed by atoms with E-state index in [1.807, 2.05) is 12.1 Å². The summed E-state index contributed by atoms with van der Waals surface area (Å²) >= 11 is 3.31. The van der Waals surface area contributed by atoms with Gasteiger partial charge >= 0.3 is 0 Å². The third-order valence-electron chi connectivity index (χ3n) is 3.74. The fourth-order valence-electron chi connectivity index (χ4n) is 2.83. The van der Waals surface area contributed by atoms with Gasteiger partial charge in [-0.1, -0.05) is 0 Å². The third kappa shape index (κ3) is 1.72. The van der Waals surface area contributed by atoms with Crippen LogP contribution in [0.1, 0.15) is 19.3 Å². The summed E-state index contributed by atoms with van der Waals surface area (Å²) in [5, 5.41) is 12.9. The molecule has 1 saturated carbocycles. The Hall–Kier alpha value is -0.680. The van der Waals surface area contributed by atoms with Crippen molar-refractivity contribution in [3.8, 4) is 0 Å². The van der Waals surface area contributed by atoms with Gasteiger partial charge in [0.25, 0.3) is 0 Å². The summed E-state index contributed by atoms with van der Waals surface area (Å²) in [6.45, 7) is 1.09. The number of hydrazine groups is 1.